The van der Waals surface area contributed by atoms with E-state index in [9.17, 15) is 4.79 Å². The Morgan fingerprint density at radius 1 is 1.21 bits per heavy atom. The van der Waals surface area contributed by atoms with Gasteiger partial charge in [0.1, 0.15) is 12.4 Å². The SMILES string of the molecule is CCn1c(COc2ccccc2C)nnc1SCC(=O)Nc1nc(-c2ccc(Cl)cc2Cl)cs1. The van der Waals surface area contributed by atoms with E-state index in [1.165, 1.54) is 23.1 Å². The van der Waals surface area contributed by atoms with E-state index in [4.69, 9.17) is 27.9 Å². The number of anilines is 1. The van der Waals surface area contributed by atoms with Gasteiger partial charge in [0, 0.05) is 22.5 Å². The van der Waals surface area contributed by atoms with Crippen LogP contribution in [0, 0.1) is 6.92 Å². The maximum atomic E-state index is 12.5. The van der Waals surface area contributed by atoms with Crippen LogP contribution in [0.15, 0.2) is 53.0 Å². The largest absolute Gasteiger partial charge is 0.485 e. The zero-order valence-electron chi connectivity index (χ0n) is 18.4. The molecule has 34 heavy (non-hydrogen) atoms. The number of nitrogens with zero attached hydrogens (tertiary/aromatic N) is 4. The molecule has 7 nitrogen and oxygen atoms in total. The van der Waals surface area contributed by atoms with Gasteiger partial charge in [0.15, 0.2) is 16.1 Å². The summed E-state index contributed by atoms with van der Waals surface area (Å²) in [5, 5.41) is 15.4. The number of hydrogen-bond acceptors (Lipinski definition) is 7. The van der Waals surface area contributed by atoms with E-state index in [-0.39, 0.29) is 11.7 Å². The first-order valence-corrected chi connectivity index (χ1v) is 13.0. The first kappa shape index (κ1) is 24.5. The van der Waals surface area contributed by atoms with Crippen molar-refractivity contribution in [3.05, 3.63) is 69.3 Å². The molecule has 4 rings (SSSR count). The average molecular weight is 534 g/mol. The highest BCUT2D eigenvalue weighted by molar-refractivity contribution is 7.99. The quantitative estimate of drug-likeness (QED) is 0.252. The predicted molar refractivity (Wildman–Crippen MR) is 138 cm³/mol. The van der Waals surface area contributed by atoms with Gasteiger partial charge in [-0.1, -0.05) is 53.2 Å². The van der Waals surface area contributed by atoms with E-state index in [0.29, 0.717) is 45.0 Å². The van der Waals surface area contributed by atoms with Crippen LogP contribution in [0.2, 0.25) is 10.0 Å². The molecular formula is C23H21Cl2N5O2S2. The highest BCUT2D eigenvalue weighted by atomic mass is 35.5. The number of halogens is 2. The summed E-state index contributed by atoms with van der Waals surface area (Å²) in [6.07, 6.45) is 0. The molecule has 0 aliphatic heterocycles. The topological polar surface area (TPSA) is 81.9 Å². The lowest BCUT2D eigenvalue weighted by atomic mass is 10.2. The van der Waals surface area contributed by atoms with E-state index in [2.05, 4.69) is 20.5 Å². The molecule has 4 aromatic rings. The molecule has 0 bridgehead atoms. The Labute approximate surface area is 215 Å². The van der Waals surface area contributed by atoms with Gasteiger partial charge in [-0.05, 0) is 43.7 Å². The summed E-state index contributed by atoms with van der Waals surface area (Å²) in [6.45, 7) is 4.97. The predicted octanol–water partition coefficient (Wildman–Crippen LogP) is 6.35. The summed E-state index contributed by atoms with van der Waals surface area (Å²) in [7, 11) is 0. The van der Waals surface area contributed by atoms with Crippen LogP contribution >= 0.6 is 46.3 Å². The number of thiazole rings is 1. The Morgan fingerprint density at radius 3 is 2.79 bits per heavy atom. The van der Waals surface area contributed by atoms with E-state index < -0.39 is 0 Å². The third-order valence-electron chi connectivity index (χ3n) is 4.85. The first-order valence-electron chi connectivity index (χ1n) is 10.4. The summed E-state index contributed by atoms with van der Waals surface area (Å²) in [4.78, 5) is 17.0. The third kappa shape index (κ3) is 5.90. The van der Waals surface area contributed by atoms with E-state index in [1.807, 2.05) is 48.1 Å². The van der Waals surface area contributed by atoms with Crippen LogP contribution in [0.1, 0.15) is 18.3 Å². The van der Waals surface area contributed by atoms with E-state index in [1.54, 1.807) is 18.2 Å². The lowest BCUT2D eigenvalue weighted by Crippen LogP contribution is -2.14. The van der Waals surface area contributed by atoms with Gasteiger partial charge in [-0.2, -0.15) is 0 Å². The van der Waals surface area contributed by atoms with Crippen LogP contribution in [0.3, 0.4) is 0 Å². The van der Waals surface area contributed by atoms with Crippen molar-refractivity contribution in [2.75, 3.05) is 11.1 Å². The minimum absolute atomic E-state index is 0.174. The summed E-state index contributed by atoms with van der Waals surface area (Å²) in [5.41, 5.74) is 2.49. The van der Waals surface area contributed by atoms with Crippen LogP contribution in [0.5, 0.6) is 5.75 Å². The van der Waals surface area contributed by atoms with Crippen LogP contribution in [-0.2, 0) is 17.9 Å². The maximum Gasteiger partial charge on any atom is 0.236 e. The minimum atomic E-state index is -0.184. The zero-order chi connectivity index (χ0) is 24.1. The van der Waals surface area contributed by atoms with Crippen molar-refractivity contribution in [2.24, 2.45) is 0 Å². The van der Waals surface area contributed by atoms with E-state index >= 15 is 0 Å². The Balaban J connectivity index is 1.34. The number of aromatic nitrogens is 4. The number of hydrogen-bond donors (Lipinski definition) is 1. The molecule has 0 radical (unpaired) electrons. The molecule has 0 atom stereocenters. The zero-order valence-corrected chi connectivity index (χ0v) is 21.6. The monoisotopic (exact) mass is 533 g/mol. The molecule has 0 aliphatic carbocycles. The number of benzene rings is 2. The normalized spacial score (nSPS) is 10.9. The molecule has 0 saturated carbocycles. The van der Waals surface area contributed by atoms with Gasteiger partial charge in [-0.15, -0.1) is 21.5 Å². The molecule has 0 spiro atoms. The second-order valence-corrected chi connectivity index (χ2v) is 9.84. The van der Waals surface area contributed by atoms with Gasteiger partial charge < -0.3 is 14.6 Å². The van der Waals surface area contributed by atoms with Crippen molar-refractivity contribution in [3.8, 4) is 17.0 Å². The summed E-state index contributed by atoms with van der Waals surface area (Å²) < 4.78 is 7.85. The fourth-order valence-electron chi connectivity index (χ4n) is 3.15. The summed E-state index contributed by atoms with van der Waals surface area (Å²) >= 11 is 14.9. The first-order chi connectivity index (χ1) is 16.4. The van der Waals surface area contributed by atoms with Crippen LogP contribution < -0.4 is 10.1 Å². The molecule has 1 N–H and O–H groups in total. The van der Waals surface area contributed by atoms with Gasteiger partial charge >= 0.3 is 0 Å². The molecule has 11 heteroatoms. The number of thioether (sulfide) groups is 1. The lowest BCUT2D eigenvalue weighted by molar-refractivity contribution is -0.113. The van der Waals surface area contributed by atoms with Crippen LogP contribution in [-0.4, -0.2) is 31.4 Å². The Bertz CT molecular complexity index is 1310. The Hall–Kier alpha value is -2.59. The van der Waals surface area contributed by atoms with Crippen molar-refractivity contribution in [2.45, 2.75) is 32.2 Å². The van der Waals surface area contributed by atoms with Crippen molar-refractivity contribution in [3.63, 3.8) is 0 Å². The third-order valence-corrected chi connectivity index (χ3v) is 7.12. The van der Waals surface area contributed by atoms with Crippen LogP contribution in [0.25, 0.3) is 11.3 Å². The fraction of sp³-hybridized carbons (Fsp3) is 0.217. The van der Waals surface area contributed by atoms with Crippen molar-refractivity contribution in [1.82, 2.24) is 19.7 Å². The highest BCUT2D eigenvalue weighted by Gasteiger charge is 2.15. The molecule has 0 aliphatic rings. The summed E-state index contributed by atoms with van der Waals surface area (Å²) in [5.74, 6) is 1.51. The molecule has 1 amide bonds. The number of carbonyl (C=O) groups excluding carboxylic acids is 1. The Kier molecular flexibility index (Phi) is 8.10. The highest BCUT2D eigenvalue weighted by Crippen LogP contribution is 2.32. The molecule has 2 aromatic heterocycles. The smallest absolute Gasteiger partial charge is 0.236 e. The number of aryl methyl sites for hydroxylation is 1. The number of nitrogens with one attached hydrogen (secondary N) is 1. The molecular weight excluding hydrogens is 513 g/mol. The average Bonchev–Trinajstić information content (AvgIpc) is 3.43. The second kappa shape index (κ2) is 11.2. The van der Waals surface area contributed by atoms with Gasteiger partial charge in [-0.25, -0.2) is 4.98 Å². The standard InChI is InChI=1S/C23H21Cl2N5O2S2/c1-3-30-20(11-32-19-7-5-4-6-14(19)2)28-29-23(30)34-13-21(31)27-22-26-18(12-33-22)16-9-8-15(24)10-17(16)25/h4-10,12H,3,11,13H2,1-2H3,(H,26,27,31). The van der Waals surface area contributed by atoms with Crippen molar-refractivity contribution in [1.29, 1.82) is 0 Å². The molecule has 2 aromatic carbocycles. The van der Waals surface area contributed by atoms with Gasteiger partial charge in [0.05, 0.1) is 16.5 Å². The van der Waals surface area contributed by atoms with Crippen molar-refractivity contribution >= 4 is 57.3 Å². The maximum absolute atomic E-state index is 12.5. The van der Waals surface area contributed by atoms with E-state index in [0.717, 1.165) is 16.9 Å². The molecule has 0 fully saturated rings. The second-order valence-electron chi connectivity index (χ2n) is 7.20. The molecule has 0 unspecified atom stereocenters. The minimum Gasteiger partial charge on any atom is -0.485 e. The van der Waals surface area contributed by atoms with Crippen molar-refractivity contribution < 1.29 is 9.53 Å². The Morgan fingerprint density at radius 2 is 2.03 bits per heavy atom. The van der Waals surface area contributed by atoms with Gasteiger partial charge in [-0.3, -0.25) is 4.79 Å². The number of carbonyl (C=O) groups is 1. The molecule has 2 heterocycles. The number of ether oxygens (including phenoxy) is 1. The van der Waals surface area contributed by atoms with Gasteiger partial charge in [0.25, 0.3) is 0 Å². The number of amides is 1. The fourth-order valence-corrected chi connectivity index (χ4v) is 5.20. The number of para-hydroxylation sites is 1. The van der Waals surface area contributed by atoms with Crippen LogP contribution in [0.4, 0.5) is 5.13 Å². The summed E-state index contributed by atoms with van der Waals surface area (Å²) in [6, 6.07) is 13.0. The molecule has 0 saturated heterocycles. The van der Waals surface area contributed by atoms with Gasteiger partial charge in [0.2, 0.25) is 5.91 Å². The number of rotatable bonds is 9. The lowest BCUT2D eigenvalue weighted by Gasteiger charge is -2.10. The molecule has 176 valence electrons.